The van der Waals surface area contributed by atoms with Crippen LogP contribution in [0.3, 0.4) is 0 Å². The molecule has 0 spiro atoms. The van der Waals surface area contributed by atoms with Crippen molar-refractivity contribution in [2.24, 2.45) is 5.92 Å². The molecule has 0 atom stereocenters. The third kappa shape index (κ3) is 6.36. The van der Waals surface area contributed by atoms with Crippen molar-refractivity contribution in [3.63, 3.8) is 0 Å². The molecule has 1 aliphatic rings. The van der Waals surface area contributed by atoms with E-state index < -0.39 is 0 Å². The highest BCUT2D eigenvalue weighted by Gasteiger charge is 2.21. The van der Waals surface area contributed by atoms with Crippen molar-refractivity contribution in [3.05, 3.63) is 0 Å². The summed E-state index contributed by atoms with van der Waals surface area (Å²) in [6.07, 6.45) is 7.35. The Morgan fingerprint density at radius 3 is 2.56 bits per heavy atom. The zero-order valence-corrected chi connectivity index (χ0v) is 11.7. The van der Waals surface area contributed by atoms with E-state index in [2.05, 4.69) is 12.2 Å². The Kier molecular flexibility index (Phi) is 8.01. The van der Waals surface area contributed by atoms with Gasteiger partial charge in [0, 0.05) is 13.2 Å². The number of amides is 1. The highest BCUT2D eigenvalue weighted by Crippen LogP contribution is 2.27. The Balaban J connectivity index is 2.07. The van der Waals surface area contributed by atoms with Crippen molar-refractivity contribution in [3.8, 4) is 0 Å². The van der Waals surface area contributed by atoms with Crippen LogP contribution < -0.4 is 5.32 Å². The molecule has 106 valence electrons. The van der Waals surface area contributed by atoms with Crippen LogP contribution in [0, 0.1) is 5.92 Å². The van der Waals surface area contributed by atoms with Gasteiger partial charge in [0.15, 0.2) is 0 Å². The standard InChI is InChI=1S/C14H27NO3/c1-3-4-12-5-7-13(8-6-12)15-14(16)11-18-10-9-17-2/h12-13H,3-11H2,1-2H3,(H,15,16). The van der Waals surface area contributed by atoms with Crippen LogP contribution in [0.5, 0.6) is 0 Å². The molecule has 0 aromatic rings. The number of nitrogens with one attached hydrogen (secondary N) is 1. The summed E-state index contributed by atoms with van der Waals surface area (Å²) in [5, 5.41) is 3.05. The van der Waals surface area contributed by atoms with Crippen molar-refractivity contribution >= 4 is 5.91 Å². The van der Waals surface area contributed by atoms with Gasteiger partial charge >= 0.3 is 0 Å². The van der Waals surface area contributed by atoms with Crippen LogP contribution in [0.4, 0.5) is 0 Å². The van der Waals surface area contributed by atoms with E-state index in [9.17, 15) is 4.79 Å². The molecule has 0 bridgehead atoms. The van der Waals surface area contributed by atoms with Gasteiger partial charge in [0.25, 0.3) is 0 Å². The topological polar surface area (TPSA) is 47.6 Å². The number of hydrogen-bond donors (Lipinski definition) is 1. The molecule has 0 saturated heterocycles. The fourth-order valence-electron chi connectivity index (χ4n) is 2.58. The van der Waals surface area contributed by atoms with Crippen LogP contribution in [0.25, 0.3) is 0 Å². The van der Waals surface area contributed by atoms with Crippen LogP contribution in [0.1, 0.15) is 45.4 Å². The van der Waals surface area contributed by atoms with Gasteiger partial charge in [0.1, 0.15) is 6.61 Å². The van der Waals surface area contributed by atoms with E-state index >= 15 is 0 Å². The first kappa shape index (κ1) is 15.4. The fourth-order valence-corrected chi connectivity index (χ4v) is 2.58. The molecule has 1 rings (SSSR count). The van der Waals surface area contributed by atoms with E-state index in [-0.39, 0.29) is 12.5 Å². The number of methoxy groups -OCH3 is 1. The summed E-state index contributed by atoms with van der Waals surface area (Å²) in [5.74, 6) is 0.881. The summed E-state index contributed by atoms with van der Waals surface area (Å²) < 4.78 is 10.1. The Labute approximate surface area is 110 Å². The molecule has 0 aromatic carbocycles. The van der Waals surface area contributed by atoms with Crippen molar-refractivity contribution in [1.29, 1.82) is 0 Å². The molecule has 0 unspecified atom stereocenters. The van der Waals surface area contributed by atoms with Crippen LogP contribution >= 0.6 is 0 Å². The van der Waals surface area contributed by atoms with E-state index in [1.807, 2.05) is 0 Å². The largest absolute Gasteiger partial charge is 0.382 e. The van der Waals surface area contributed by atoms with Crippen molar-refractivity contribution in [2.45, 2.75) is 51.5 Å². The van der Waals surface area contributed by atoms with Crippen molar-refractivity contribution < 1.29 is 14.3 Å². The molecule has 0 aliphatic heterocycles. The second-order valence-corrected chi connectivity index (χ2v) is 5.12. The number of hydrogen-bond acceptors (Lipinski definition) is 3. The highest BCUT2D eigenvalue weighted by atomic mass is 16.5. The number of rotatable bonds is 8. The Morgan fingerprint density at radius 2 is 1.94 bits per heavy atom. The molecule has 1 saturated carbocycles. The Bertz CT molecular complexity index is 225. The van der Waals surface area contributed by atoms with Crippen LogP contribution in [-0.2, 0) is 14.3 Å². The maximum Gasteiger partial charge on any atom is 0.246 e. The summed E-state index contributed by atoms with van der Waals surface area (Å²) in [6.45, 7) is 3.41. The van der Waals surface area contributed by atoms with Gasteiger partial charge < -0.3 is 14.8 Å². The Hall–Kier alpha value is -0.610. The molecule has 4 nitrogen and oxygen atoms in total. The normalized spacial score (nSPS) is 23.9. The molecule has 1 fully saturated rings. The minimum atomic E-state index is 0.00467. The van der Waals surface area contributed by atoms with Gasteiger partial charge in [-0.15, -0.1) is 0 Å². The second-order valence-electron chi connectivity index (χ2n) is 5.12. The van der Waals surface area contributed by atoms with E-state index in [0.717, 1.165) is 18.8 Å². The summed E-state index contributed by atoms with van der Waals surface area (Å²) in [6, 6.07) is 0.358. The van der Waals surface area contributed by atoms with Crippen LogP contribution in [0.15, 0.2) is 0 Å². The quantitative estimate of drug-likeness (QED) is 0.678. The minimum absolute atomic E-state index is 0.00467. The third-order valence-corrected chi connectivity index (χ3v) is 3.57. The van der Waals surface area contributed by atoms with Crippen molar-refractivity contribution in [1.82, 2.24) is 5.32 Å². The molecule has 4 heteroatoms. The monoisotopic (exact) mass is 257 g/mol. The average Bonchev–Trinajstić information content (AvgIpc) is 2.37. The molecule has 0 aromatic heterocycles. The predicted octanol–water partition coefficient (Wildman–Crippen LogP) is 2.12. The van der Waals surface area contributed by atoms with Gasteiger partial charge in [0.05, 0.1) is 13.2 Å². The van der Waals surface area contributed by atoms with E-state index in [1.165, 1.54) is 25.7 Å². The van der Waals surface area contributed by atoms with E-state index in [0.29, 0.717) is 19.3 Å². The number of carbonyl (C=O) groups is 1. The van der Waals surface area contributed by atoms with Crippen LogP contribution in [-0.4, -0.2) is 38.9 Å². The average molecular weight is 257 g/mol. The lowest BCUT2D eigenvalue weighted by Gasteiger charge is -2.28. The smallest absolute Gasteiger partial charge is 0.246 e. The molecule has 1 aliphatic carbocycles. The summed E-state index contributed by atoms with van der Waals surface area (Å²) in [7, 11) is 1.62. The van der Waals surface area contributed by atoms with Gasteiger partial charge in [0.2, 0.25) is 5.91 Å². The fraction of sp³-hybridized carbons (Fsp3) is 0.929. The summed E-state index contributed by atoms with van der Waals surface area (Å²) >= 11 is 0. The maximum atomic E-state index is 11.6. The lowest BCUT2D eigenvalue weighted by Crippen LogP contribution is -2.39. The number of carbonyl (C=O) groups excluding carboxylic acids is 1. The van der Waals surface area contributed by atoms with E-state index in [4.69, 9.17) is 9.47 Å². The molecular weight excluding hydrogens is 230 g/mol. The zero-order valence-electron chi connectivity index (χ0n) is 11.7. The van der Waals surface area contributed by atoms with Gasteiger partial charge in [-0.25, -0.2) is 0 Å². The third-order valence-electron chi connectivity index (χ3n) is 3.57. The second kappa shape index (κ2) is 9.34. The first-order chi connectivity index (χ1) is 8.76. The maximum absolute atomic E-state index is 11.6. The Morgan fingerprint density at radius 1 is 1.22 bits per heavy atom. The molecule has 0 heterocycles. The van der Waals surface area contributed by atoms with E-state index in [1.54, 1.807) is 7.11 Å². The van der Waals surface area contributed by atoms with Gasteiger partial charge in [-0.1, -0.05) is 19.8 Å². The molecule has 1 N–H and O–H groups in total. The molecular formula is C14H27NO3. The highest BCUT2D eigenvalue weighted by molar-refractivity contribution is 5.77. The van der Waals surface area contributed by atoms with Crippen LogP contribution in [0.2, 0.25) is 0 Å². The zero-order chi connectivity index (χ0) is 13.2. The summed E-state index contributed by atoms with van der Waals surface area (Å²) in [5.41, 5.74) is 0. The minimum Gasteiger partial charge on any atom is -0.382 e. The molecule has 18 heavy (non-hydrogen) atoms. The van der Waals surface area contributed by atoms with Gasteiger partial charge in [-0.3, -0.25) is 4.79 Å². The van der Waals surface area contributed by atoms with Gasteiger partial charge in [-0.05, 0) is 31.6 Å². The lowest BCUT2D eigenvalue weighted by molar-refractivity contribution is -0.127. The first-order valence-corrected chi connectivity index (χ1v) is 7.12. The molecule has 1 amide bonds. The van der Waals surface area contributed by atoms with Gasteiger partial charge in [-0.2, -0.15) is 0 Å². The first-order valence-electron chi connectivity index (χ1n) is 7.12. The summed E-state index contributed by atoms with van der Waals surface area (Å²) in [4.78, 5) is 11.6. The lowest BCUT2D eigenvalue weighted by atomic mass is 9.83. The molecule has 0 radical (unpaired) electrons. The number of ether oxygens (including phenoxy) is 2. The SMILES string of the molecule is CCCC1CCC(NC(=O)COCCOC)CC1. The van der Waals surface area contributed by atoms with Crippen molar-refractivity contribution in [2.75, 3.05) is 26.9 Å². The predicted molar refractivity (Wildman–Crippen MR) is 71.5 cm³/mol.